The third kappa shape index (κ3) is 4.54. The number of carbonyl (C=O) groups excluding carboxylic acids is 1. The van der Waals surface area contributed by atoms with Crippen molar-refractivity contribution < 1.29 is 14.6 Å². The molecule has 0 aromatic heterocycles. The van der Waals surface area contributed by atoms with Crippen LogP contribution in [-0.4, -0.2) is 29.1 Å². The maximum absolute atomic E-state index is 13.3. The Morgan fingerprint density at radius 3 is 2.41 bits per heavy atom. The molecule has 1 aliphatic heterocycles. The third-order valence-electron chi connectivity index (χ3n) is 6.43. The Morgan fingerprint density at radius 2 is 1.69 bits per heavy atom. The lowest BCUT2D eigenvalue weighted by molar-refractivity contribution is -0.165. The number of ether oxygens (including phenoxy) is 1. The van der Waals surface area contributed by atoms with Gasteiger partial charge in [-0.15, -0.1) is 0 Å². The van der Waals surface area contributed by atoms with Crippen molar-refractivity contribution in [1.29, 1.82) is 0 Å². The van der Waals surface area contributed by atoms with Crippen LogP contribution in [0.3, 0.4) is 0 Å². The lowest BCUT2D eigenvalue weighted by Gasteiger charge is -2.36. The van der Waals surface area contributed by atoms with Crippen LogP contribution in [0.25, 0.3) is 0 Å². The monoisotopic (exact) mass is 393 g/mol. The zero-order valence-corrected chi connectivity index (χ0v) is 17.1. The smallest absolute Gasteiger partial charge is 0.348 e. The highest BCUT2D eigenvalue weighted by atomic mass is 16.6. The minimum Gasteiger partial charge on any atom is -0.424 e. The predicted octanol–water partition coefficient (Wildman–Crippen LogP) is 4.66. The summed E-state index contributed by atoms with van der Waals surface area (Å²) >= 11 is 0. The number of hydrogen-bond acceptors (Lipinski definition) is 4. The minimum atomic E-state index is -1.60. The molecule has 2 aromatic rings. The minimum absolute atomic E-state index is 0.112. The zero-order chi connectivity index (χ0) is 20.1. The first-order chi connectivity index (χ1) is 14.2. The first-order valence-electron chi connectivity index (χ1n) is 11.0. The second kappa shape index (κ2) is 9.10. The van der Waals surface area contributed by atoms with E-state index in [4.69, 9.17) is 4.74 Å². The molecule has 4 nitrogen and oxygen atoms in total. The highest BCUT2D eigenvalue weighted by Gasteiger charge is 2.47. The summed E-state index contributed by atoms with van der Waals surface area (Å²) in [6, 6.07) is 17.0. The van der Waals surface area contributed by atoms with Gasteiger partial charge in [0.15, 0.2) is 5.60 Å². The van der Waals surface area contributed by atoms with Crippen LogP contribution in [0.5, 0.6) is 5.75 Å². The predicted molar refractivity (Wildman–Crippen MR) is 114 cm³/mol. The first kappa shape index (κ1) is 20.1. The van der Waals surface area contributed by atoms with Gasteiger partial charge in [-0.3, -0.25) is 4.90 Å². The molecule has 0 spiro atoms. The molecule has 1 heterocycles. The summed E-state index contributed by atoms with van der Waals surface area (Å²) < 4.78 is 5.78. The highest BCUT2D eigenvalue weighted by molar-refractivity contribution is 5.83. The van der Waals surface area contributed by atoms with Gasteiger partial charge in [0.1, 0.15) is 5.75 Å². The molecular formula is C25H31NO3. The Bertz CT molecular complexity index is 810. The number of esters is 1. The molecule has 1 atom stereocenters. The summed E-state index contributed by atoms with van der Waals surface area (Å²) in [5.41, 5.74) is 0.162. The summed E-state index contributed by atoms with van der Waals surface area (Å²) in [6.45, 7) is 3.12. The molecule has 2 aromatic carbocycles. The SMILES string of the molecule is O=C(Oc1cccc(CN2CCCC2)c1)C(O)(c1ccccc1)C1CCCCC1. The fourth-order valence-corrected chi connectivity index (χ4v) is 4.82. The van der Waals surface area contributed by atoms with Crippen LogP contribution in [0.1, 0.15) is 56.1 Å². The Kier molecular flexibility index (Phi) is 6.31. The van der Waals surface area contributed by atoms with E-state index in [1.165, 1.54) is 12.8 Å². The Hall–Kier alpha value is -2.17. The van der Waals surface area contributed by atoms with E-state index in [2.05, 4.69) is 11.0 Å². The largest absolute Gasteiger partial charge is 0.424 e. The molecule has 4 rings (SSSR count). The maximum Gasteiger partial charge on any atom is 0.348 e. The standard InChI is InChI=1S/C25H31NO3/c27-24(29-23-15-9-10-20(18-23)19-26-16-7-8-17-26)25(28,21-11-3-1-4-12-21)22-13-5-2-6-14-22/h1,3-4,9-12,15,18,22,28H,2,5-8,13-14,16-17,19H2. The first-order valence-corrected chi connectivity index (χ1v) is 11.0. The normalized spacial score (nSPS) is 20.3. The lowest BCUT2D eigenvalue weighted by atomic mass is 9.73. The molecule has 2 aliphatic rings. The van der Waals surface area contributed by atoms with Crippen molar-refractivity contribution >= 4 is 5.97 Å². The molecular weight excluding hydrogens is 362 g/mol. The lowest BCUT2D eigenvalue weighted by Crippen LogP contribution is -2.46. The highest BCUT2D eigenvalue weighted by Crippen LogP contribution is 2.40. The molecule has 1 N–H and O–H groups in total. The van der Waals surface area contributed by atoms with E-state index in [9.17, 15) is 9.90 Å². The third-order valence-corrected chi connectivity index (χ3v) is 6.43. The number of hydrogen-bond donors (Lipinski definition) is 1. The van der Waals surface area contributed by atoms with Crippen molar-refractivity contribution in [3.8, 4) is 5.75 Å². The van der Waals surface area contributed by atoms with Gasteiger partial charge < -0.3 is 9.84 Å². The molecule has 1 aliphatic carbocycles. The molecule has 1 saturated carbocycles. The van der Waals surface area contributed by atoms with E-state index in [-0.39, 0.29) is 5.92 Å². The quantitative estimate of drug-likeness (QED) is 0.573. The summed E-state index contributed by atoms with van der Waals surface area (Å²) in [4.78, 5) is 15.7. The van der Waals surface area contributed by atoms with E-state index in [1.54, 1.807) is 6.07 Å². The molecule has 0 amide bonds. The van der Waals surface area contributed by atoms with Gasteiger partial charge in [-0.1, -0.05) is 61.7 Å². The average Bonchev–Trinajstić information content (AvgIpc) is 3.27. The number of aliphatic hydroxyl groups is 1. The molecule has 0 radical (unpaired) electrons. The van der Waals surface area contributed by atoms with Gasteiger partial charge in [0.05, 0.1) is 0 Å². The summed E-state index contributed by atoms with van der Waals surface area (Å²) in [5.74, 6) is -0.162. The average molecular weight is 394 g/mol. The van der Waals surface area contributed by atoms with Crippen molar-refractivity contribution in [2.75, 3.05) is 13.1 Å². The van der Waals surface area contributed by atoms with Gasteiger partial charge in [0.25, 0.3) is 0 Å². The summed E-state index contributed by atoms with van der Waals surface area (Å²) in [6.07, 6.45) is 7.43. The number of likely N-dealkylation sites (tertiary alicyclic amines) is 1. The van der Waals surface area contributed by atoms with Crippen LogP contribution < -0.4 is 4.74 Å². The Balaban J connectivity index is 1.55. The fraction of sp³-hybridized carbons (Fsp3) is 0.480. The molecule has 1 saturated heterocycles. The van der Waals surface area contributed by atoms with Gasteiger partial charge in [0, 0.05) is 12.5 Å². The van der Waals surface area contributed by atoms with Gasteiger partial charge >= 0.3 is 5.97 Å². The van der Waals surface area contributed by atoms with Crippen molar-refractivity contribution in [1.82, 2.24) is 4.90 Å². The summed E-state index contributed by atoms with van der Waals surface area (Å²) in [5, 5.41) is 11.7. The molecule has 1 unspecified atom stereocenters. The molecule has 29 heavy (non-hydrogen) atoms. The zero-order valence-electron chi connectivity index (χ0n) is 17.1. The van der Waals surface area contributed by atoms with Crippen molar-refractivity contribution in [3.05, 3.63) is 65.7 Å². The molecule has 2 fully saturated rings. The van der Waals surface area contributed by atoms with E-state index in [1.807, 2.05) is 42.5 Å². The van der Waals surface area contributed by atoms with Gasteiger partial charge in [-0.2, -0.15) is 0 Å². The van der Waals surface area contributed by atoms with Gasteiger partial charge in [0.2, 0.25) is 0 Å². The van der Waals surface area contributed by atoms with E-state index >= 15 is 0 Å². The van der Waals surface area contributed by atoms with Crippen molar-refractivity contribution in [3.63, 3.8) is 0 Å². The van der Waals surface area contributed by atoms with Crippen LogP contribution in [0, 0.1) is 5.92 Å². The number of nitrogens with zero attached hydrogens (tertiary/aromatic N) is 1. The summed E-state index contributed by atoms with van der Waals surface area (Å²) in [7, 11) is 0. The van der Waals surface area contributed by atoms with Gasteiger partial charge in [-0.05, 0) is 62.0 Å². The van der Waals surface area contributed by atoms with E-state index in [0.29, 0.717) is 11.3 Å². The maximum atomic E-state index is 13.3. The second-order valence-corrected chi connectivity index (χ2v) is 8.49. The van der Waals surface area contributed by atoms with Crippen LogP contribution in [0.4, 0.5) is 0 Å². The molecule has 0 bridgehead atoms. The number of rotatable bonds is 6. The van der Waals surface area contributed by atoms with Crippen molar-refractivity contribution in [2.24, 2.45) is 5.92 Å². The fourth-order valence-electron chi connectivity index (χ4n) is 4.82. The topological polar surface area (TPSA) is 49.8 Å². The number of carbonyl (C=O) groups is 1. The molecule has 154 valence electrons. The Labute approximate surface area is 173 Å². The Morgan fingerprint density at radius 1 is 0.966 bits per heavy atom. The van der Waals surface area contributed by atoms with Crippen LogP contribution in [-0.2, 0) is 16.9 Å². The van der Waals surface area contributed by atoms with E-state index < -0.39 is 11.6 Å². The molecule has 4 heteroatoms. The van der Waals surface area contributed by atoms with Gasteiger partial charge in [-0.25, -0.2) is 4.79 Å². The van der Waals surface area contributed by atoms with Crippen molar-refractivity contribution in [2.45, 2.75) is 57.1 Å². The van der Waals surface area contributed by atoms with Crippen LogP contribution >= 0.6 is 0 Å². The van der Waals surface area contributed by atoms with Crippen LogP contribution in [0.15, 0.2) is 54.6 Å². The van der Waals surface area contributed by atoms with E-state index in [0.717, 1.165) is 57.3 Å². The second-order valence-electron chi connectivity index (χ2n) is 8.49. The number of benzene rings is 2. The van der Waals surface area contributed by atoms with Crippen LogP contribution in [0.2, 0.25) is 0 Å².